The van der Waals surface area contributed by atoms with Crippen LogP contribution in [0.2, 0.25) is 0 Å². The molecular weight excluding hydrogens is 361 g/mol. The summed E-state index contributed by atoms with van der Waals surface area (Å²) >= 11 is 1.53. The van der Waals surface area contributed by atoms with Gasteiger partial charge in [-0.25, -0.2) is 4.98 Å². The van der Waals surface area contributed by atoms with Crippen molar-refractivity contribution in [3.05, 3.63) is 58.6 Å². The Hall–Kier alpha value is -2.12. The lowest BCUT2D eigenvalue weighted by Gasteiger charge is -2.10. The van der Waals surface area contributed by atoms with Gasteiger partial charge in [0.1, 0.15) is 12.4 Å². The summed E-state index contributed by atoms with van der Waals surface area (Å²) in [6, 6.07) is 11.0. The highest BCUT2D eigenvalue weighted by molar-refractivity contribution is 7.18. The van der Waals surface area contributed by atoms with Gasteiger partial charge in [-0.05, 0) is 50.0 Å². The summed E-state index contributed by atoms with van der Waals surface area (Å²) in [5, 5.41) is 0.866. The molecule has 3 aromatic rings. The summed E-state index contributed by atoms with van der Waals surface area (Å²) in [4.78, 5) is 6.61. The molecule has 0 aliphatic rings. The summed E-state index contributed by atoms with van der Waals surface area (Å²) in [5.74, 6) is 0.795. The number of likely N-dealkylation sites (N-methyl/N-ethyl adjacent to an activating group) is 1. The molecule has 0 atom stereocenters. The Bertz CT molecular complexity index is 873. The second-order valence-corrected chi connectivity index (χ2v) is 7.38. The summed E-state index contributed by atoms with van der Waals surface area (Å²) in [6.07, 6.45) is -3.80. The van der Waals surface area contributed by atoms with Crippen LogP contribution in [-0.4, -0.2) is 37.1 Å². The monoisotopic (exact) mass is 380 g/mol. The zero-order valence-electron chi connectivity index (χ0n) is 14.5. The van der Waals surface area contributed by atoms with Crippen LogP contribution >= 0.6 is 11.3 Å². The minimum atomic E-state index is -4.31. The number of aromatic nitrogens is 1. The summed E-state index contributed by atoms with van der Waals surface area (Å²) in [5.41, 5.74) is 1.04. The average molecular weight is 380 g/mol. The van der Waals surface area contributed by atoms with Crippen molar-refractivity contribution in [1.29, 1.82) is 0 Å². The normalized spacial score (nSPS) is 12.1. The smallest absolute Gasteiger partial charge is 0.416 e. The van der Waals surface area contributed by atoms with Crippen LogP contribution in [-0.2, 0) is 12.6 Å². The van der Waals surface area contributed by atoms with Crippen molar-refractivity contribution in [3.63, 3.8) is 0 Å². The van der Waals surface area contributed by atoms with Crippen LogP contribution in [0.15, 0.2) is 42.5 Å². The van der Waals surface area contributed by atoms with Gasteiger partial charge < -0.3 is 9.64 Å². The largest absolute Gasteiger partial charge is 0.492 e. The Balaban J connectivity index is 1.70. The lowest BCUT2D eigenvalue weighted by molar-refractivity contribution is -0.137. The number of thiazole rings is 1. The summed E-state index contributed by atoms with van der Waals surface area (Å²) < 4.78 is 44.6. The van der Waals surface area contributed by atoms with E-state index in [2.05, 4.69) is 4.98 Å². The van der Waals surface area contributed by atoms with E-state index in [-0.39, 0.29) is 0 Å². The fourth-order valence-electron chi connectivity index (χ4n) is 2.45. The predicted molar refractivity (Wildman–Crippen MR) is 97.9 cm³/mol. The third-order valence-electron chi connectivity index (χ3n) is 3.85. The Labute approximate surface area is 154 Å². The van der Waals surface area contributed by atoms with Crippen molar-refractivity contribution < 1.29 is 17.9 Å². The molecule has 0 saturated carbocycles. The third kappa shape index (κ3) is 4.74. The van der Waals surface area contributed by atoms with Crippen LogP contribution in [0.5, 0.6) is 5.75 Å². The Morgan fingerprint density at radius 2 is 1.81 bits per heavy atom. The molecular formula is C19H19F3N2OS. The standard InChI is InChI=1S/C19H19F3N2OS/c1-24(2)9-10-25-15-7-8-16-17(12-15)26-18(23-16)11-13-3-5-14(6-4-13)19(20,21)22/h3-8,12H,9-11H2,1-2H3. The predicted octanol–water partition coefficient (Wildman–Crippen LogP) is 4.85. The summed E-state index contributed by atoms with van der Waals surface area (Å²) in [7, 11) is 3.98. The minimum absolute atomic E-state index is 0.508. The molecule has 0 aliphatic heterocycles. The zero-order chi connectivity index (χ0) is 18.7. The van der Waals surface area contributed by atoms with Gasteiger partial charge in [-0.1, -0.05) is 12.1 Å². The second kappa shape index (κ2) is 7.63. The van der Waals surface area contributed by atoms with Gasteiger partial charge in [-0.2, -0.15) is 13.2 Å². The molecule has 0 aliphatic carbocycles. The first-order valence-corrected chi connectivity index (χ1v) is 8.96. The molecule has 7 heteroatoms. The maximum atomic E-state index is 12.6. The highest BCUT2D eigenvalue weighted by Gasteiger charge is 2.29. The van der Waals surface area contributed by atoms with Gasteiger partial charge in [0.05, 0.1) is 20.8 Å². The molecule has 0 unspecified atom stereocenters. The SMILES string of the molecule is CN(C)CCOc1ccc2nc(Cc3ccc(C(F)(F)F)cc3)sc2c1. The van der Waals surface area contributed by atoms with Gasteiger partial charge >= 0.3 is 6.18 Å². The fraction of sp³-hybridized carbons (Fsp3) is 0.316. The Kier molecular flexibility index (Phi) is 5.48. The molecule has 1 aromatic heterocycles. The van der Waals surface area contributed by atoms with E-state index < -0.39 is 11.7 Å². The number of halogens is 3. The highest BCUT2D eigenvalue weighted by Crippen LogP contribution is 2.31. The molecule has 26 heavy (non-hydrogen) atoms. The van der Waals surface area contributed by atoms with Crippen LogP contribution in [0.4, 0.5) is 13.2 Å². The summed E-state index contributed by atoms with van der Waals surface area (Å²) in [6.45, 7) is 1.44. The number of nitrogens with zero attached hydrogens (tertiary/aromatic N) is 2. The van der Waals surface area contributed by atoms with E-state index in [9.17, 15) is 13.2 Å². The lowest BCUT2D eigenvalue weighted by Crippen LogP contribution is -2.19. The van der Waals surface area contributed by atoms with E-state index in [1.807, 2.05) is 37.2 Å². The van der Waals surface area contributed by atoms with Crippen molar-refractivity contribution in [2.24, 2.45) is 0 Å². The zero-order valence-corrected chi connectivity index (χ0v) is 15.3. The van der Waals surface area contributed by atoms with Crippen LogP contribution in [0.1, 0.15) is 16.1 Å². The molecule has 138 valence electrons. The van der Waals surface area contributed by atoms with Gasteiger partial charge in [0.2, 0.25) is 0 Å². The molecule has 0 bridgehead atoms. The van der Waals surface area contributed by atoms with E-state index >= 15 is 0 Å². The molecule has 2 aromatic carbocycles. The van der Waals surface area contributed by atoms with Gasteiger partial charge in [0.15, 0.2) is 0 Å². The quantitative estimate of drug-likeness (QED) is 0.611. The van der Waals surface area contributed by atoms with Gasteiger partial charge in [0.25, 0.3) is 0 Å². The number of ether oxygens (including phenoxy) is 1. The van der Waals surface area contributed by atoms with E-state index in [1.165, 1.54) is 23.5 Å². The molecule has 1 heterocycles. The van der Waals surface area contributed by atoms with Gasteiger partial charge in [-0.3, -0.25) is 0 Å². The molecule has 0 fully saturated rings. The van der Waals surface area contributed by atoms with Crippen molar-refractivity contribution in [2.75, 3.05) is 27.2 Å². The Morgan fingerprint density at radius 3 is 2.46 bits per heavy atom. The van der Waals surface area contributed by atoms with Crippen LogP contribution < -0.4 is 4.74 Å². The molecule has 0 N–H and O–H groups in total. The number of alkyl halides is 3. The van der Waals surface area contributed by atoms with Crippen LogP contribution in [0, 0.1) is 0 Å². The van der Waals surface area contributed by atoms with E-state index in [1.54, 1.807) is 0 Å². The average Bonchev–Trinajstić information content (AvgIpc) is 2.95. The van der Waals surface area contributed by atoms with E-state index in [0.717, 1.165) is 45.2 Å². The number of fused-ring (bicyclic) bond motifs is 1. The van der Waals surface area contributed by atoms with Crippen LogP contribution in [0.25, 0.3) is 10.2 Å². The lowest BCUT2D eigenvalue weighted by atomic mass is 10.1. The van der Waals surface area contributed by atoms with Crippen molar-refractivity contribution in [1.82, 2.24) is 9.88 Å². The Morgan fingerprint density at radius 1 is 1.08 bits per heavy atom. The maximum absolute atomic E-state index is 12.6. The minimum Gasteiger partial charge on any atom is -0.492 e. The van der Waals surface area contributed by atoms with Gasteiger partial charge in [0, 0.05) is 13.0 Å². The highest BCUT2D eigenvalue weighted by atomic mass is 32.1. The molecule has 3 nitrogen and oxygen atoms in total. The molecule has 0 spiro atoms. The fourth-order valence-corrected chi connectivity index (χ4v) is 3.48. The second-order valence-electron chi connectivity index (χ2n) is 6.26. The third-order valence-corrected chi connectivity index (χ3v) is 4.87. The topological polar surface area (TPSA) is 25.4 Å². The number of hydrogen-bond acceptors (Lipinski definition) is 4. The van der Waals surface area contributed by atoms with Crippen molar-refractivity contribution in [3.8, 4) is 5.75 Å². The first kappa shape index (κ1) is 18.7. The van der Waals surface area contributed by atoms with E-state index in [4.69, 9.17) is 4.74 Å². The van der Waals surface area contributed by atoms with Gasteiger partial charge in [-0.15, -0.1) is 11.3 Å². The molecule has 0 radical (unpaired) electrons. The van der Waals surface area contributed by atoms with Crippen molar-refractivity contribution >= 4 is 21.6 Å². The molecule has 0 saturated heterocycles. The van der Waals surface area contributed by atoms with Crippen LogP contribution in [0.3, 0.4) is 0 Å². The van der Waals surface area contributed by atoms with E-state index in [0.29, 0.717) is 13.0 Å². The number of benzene rings is 2. The first-order chi connectivity index (χ1) is 12.3. The number of hydrogen-bond donors (Lipinski definition) is 0. The first-order valence-electron chi connectivity index (χ1n) is 8.14. The van der Waals surface area contributed by atoms with Crippen molar-refractivity contribution in [2.45, 2.75) is 12.6 Å². The number of rotatable bonds is 6. The maximum Gasteiger partial charge on any atom is 0.416 e. The molecule has 0 amide bonds. The molecule has 3 rings (SSSR count).